The van der Waals surface area contributed by atoms with Crippen LogP contribution in [0.15, 0.2) is 48.5 Å². The lowest BCUT2D eigenvalue weighted by Gasteiger charge is -2.09. The van der Waals surface area contributed by atoms with Crippen LogP contribution < -0.4 is 0 Å². The fourth-order valence-electron chi connectivity index (χ4n) is 3.25. The Morgan fingerprint density at radius 3 is 2.46 bits per heavy atom. The Morgan fingerprint density at radius 1 is 0.885 bits per heavy atom. The van der Waals surface area contributed by atoms with Gasteiger partial charge in [-0.15, -0.1) is 0 Å². The average Bonchev–Trinajstić information content (AvgIpc) is 3.01. The number of hydrogen-bond donors (Lipinski definition) is 0. The molecule has 4 aromatic rings. The van der Waals surface area contributed by atoms with Gasteiger partial charge in [-0.1, -0.05) is 62.1 Å². The summed E-state index contributed by atoms with van der Waals surface area (Å²) in [6, 6.07) is 15.8. The SMILES string of the molecule is CCCCCCn1c(-c2cccc(Cl)c2)nc2nc3ccccc3nc21. The van der Waals surface area contributed by atoms with Gasteiger partial charge < -0.3 is 4.57 Å². The second-order valence-corrected chi connectivity index (χ2v) is 6.95. The van der Waals surface area contributed by atoms with Crippen LogP contribution in [0.1, 0.15) is 32.6 Å². The topological polar surface area (TPSA) is 43.6 Å². The van der Waals surface area contributed by atoms with Gasteiger partial charge in [-0.05, 0) is 30.7 Å². The van der Waals surface area contributed by atoms with Crippen molar-refractivity contribution in [3.05, 3.63) is 53.6 Å². The maximum absolute atomic E-state index is 6.21. The van der Waals surface area contributed by atoms with E-state index >= 15 is 0 Å². The van der Waals surface area contributed by atoms with Crippen molar-refractivity contribution in [3.8, 4) is 11.4 Å². The van der Waals surface area contributed by atoms with E-state index in [9.17, 15) is 0 Å². The minimum absolute atomic E-state index is 0.689. The zero-order valence-corrected chi connectivity index (χ0v) is 15.6. The molecule has 0 unspecified atom stereocenters. The fourth-order valence-corrected chi connectivity index (χ4v) is 3.45. The third kappa shape index (κ3) is 3.29. The highest BCUT2D eigenvalue weighted by Crippen LogP contribution is 2.27. The first kappa shape index (κ1) is 17.0. The molecule has 0 N–H and O–H groups in total. The molecule has 132 valence electrons. The van der Waals surface area contributed by atoms with Crippen LogP contribution in [0, 0.1) is 0 Å². The summed E-state index contributed by atoms with van der Waals surface area (Å²) in [6.45, 7) is 3.10. The van der Waals surface area contributed by atoms with Crippen molar-refractivity contribution in [2.24, 2.45) is 0 Å². The number of imidazole rings is 1. The lowest BCUT2D eigenvalue weighted by atomic mass is 10.2. The molecule has 0 saturated carbocycles. The molecule has 0 amide bonds. The molecule has 0 fully saturated rings. The van der Waals surface area contributed by atoms with Gasteiger partial charge in [0, 0.05) is 17.1 Å². The van der Waals surface area contributed by atoms with Gasteiger partial charge in [-0.3, -0.25) is 0 Å². The van der Waals surface area contributed by atoms with Crippen LogP contribution in [0.4, 0.5) is 0 Å². The van der Waals surface area contributed by atoms with E-state index in [0.29, 0.717) is 10.7 Å². The molecule has 2 aromatic carbocycles. The van der Waals surface area contributed by atoms with Gasteiger partial charge in [0.15, 0.2) is 11.3 Å². The Labute approximate surface area is 157 Å². The summed E-state index contributed by atoms with van der Waals surface area (Å²) in [4.78, 5) is 14.4. The standard InChI is InChI=1S/C21H21ClN4/c1-2-3-4-7-13-26-20(15-9-8-10-16(22)14-15)25-19-21(26)24-18-12-6-5-11-17(18)23-19/h5-6,8-12,14H,2-4,7,13H2,1H3. The first-order chi connectivity index (χ1) is 12.8. The molecule has 4 nitrogen and oxygen atoms in total. The quantitative estimate of drug-likeness (QED) is 0.401. The van der Waals surface area contributed by atoms with Crippen molar-refractivity contribution >= 4 is 33.9 Å². The van der Waals surface area contributed by atoms with Crippen LogP contribution in [-0.4, -0.2) is 19.5 Å². The van der Waals surface area contributed by atoms with Crippen LogP contribution in [-0.2, 0) is 6.54 Å². The molecule has 0 aliphatic heterocycles. The van der Waals surface area contributed by atoms with Crippen LogP contribution in [0.3, 0.4) is 0 Å². The maximum atomic E-state index is 6.21. The first-order valence-electron chi connectivity index (χ1n) is 9.15. The highest BCUT2D eigenvalue weighted by molar-refractivity contribution is 6.30. The number of benzene rings is 2. The van der Waals surface area contributed by atoms with E-state index in [-0.39, 0.29) is 0 Å². The number of para-hydroxylation sites is 2. The highest BCUT2D eigenvalue weighted by atomic mass is 35.5. The number of hydrogen-bond acceptors (Lipinski definition) is 3. The molecule has 0 aliphatic carbocycles. The van der Waals surface area contributed by atoms with Gasteiger partial charge in [-0.25, -0.2) is 15.0 Å². The monoisotopic (exact) mass is 364 g/mol. The average molecular weight is 365 g/mol. The molecule has 2 heterocycles. The summed E-state index contributed by atoms with van der Waals surface area (Å²) in [5.74, 6) is 0.884. The number of nitrogens with zero attached hydrogens (tertiary/aromatic N) is 4. The van der Waals surface area contributed by atoms with Gasteiger partial charge in [0.2, 0.25) is 0 Å². The van der Waals surface area contributed by atoms with Gasteiger partial charge in [0.05, 0.1) is 11.0 Å². The van der Waals surface area contributed by atoms with Gasteiger partial charge in [-0.2, -0.15) is 0 Å². The predicted molar refractivity (Wildman–Crippen MR) is 107 cm³/mol. The zero-order chi connectivity index (χ0) is 17.9. The molecule has 26 heavy (non-hydrogen) atoms. The Balaban J connectivity index is 1.86. The van der Waals surface area contributed by atoms with E-state index in [0.717, 1.165) is 41.0 Å². The number of fused-ring (bicyclic) bond motifs is 2. The highest BCUT2D eigenvalue weighted by Gasteiger charge is 2.16. The molecule has 2 aromatic heterocycles. The van der Waals surface area contributed by atoms with E-state index in [2.05, 4.69) is 11.5 Å². The van der Waals surface area contributed by atoms with Gasteiger partial charge >= 0.3 is 0 Å². The minimum atomic E-state index is 0.689. The summed E-state index contributed by atoms with van der Waals surface area (Å²) >= 11 is 6.21. The lowest BCUT2D eigenvalue weighted by Crippen LogP contribution is -2.02. The van der Waals surface area contributed by atoms with E-state index in [4.69, 9.17) is 26.6 Å². The van der Waals surface area contributed by atoms with Crippen LogP contribution in [0.25, 0.3) is 33.7 Å². The van der Waals surface area contributed by atoms with Crippen LogP contribution in [0.5, 0.6) is 0 Å². The van der Waals surface area contributed by atoms with E-state index < -0.39 is 0 Å². The van der Waals surface area contributed by atoms with Gasteiger partial charge in [0.25, 0.3) is 0 Å². The molecule has 0 saturated heterocycles. The predicted octanol–water partition coefficient (Wildman–Crippen LogP) is 5.88. The number of aromatic nitrogens is 4. The summed E-state index contributed by atoms with van der Waals surface area (Å²) in [7, 11) is 0. The third-order valence-corrected chi connectivity index (χ3v) is 4.81. The number of unbranched alkanes of at least 4 members (excludes halogenated alkanes) is 3. The molecule has 0 atom stereocenters. The molecule has 0 spiro atoms. The molecule has 4 rings (SSSR count). The normalized spacial score (nSPS) is 11.5. The number of aryl methyl sites for hydroxylation is 1. The Kier molecular flexibility index (Phi) is 4.85. The Hall–Kier alpha value is -2.46. The molecular formula is C21H21ClN4. The molecule has 0 aliphatic rings. The van der Waals surface area contributed by atoms with Crippen molar-refractivity contribution in [2.45, 2.75) is 39.2 Å². The van der Waals surface area contributed by atoms with E-state index in [1.807, 2.05) is 48.5 Å². The van der Waals surface area contributed by atoms with Gasteiger partial charge in [0.1, 0.15) is 5.82 Å². The summed E-state index contributed by atoms with van der Waals surface area (Å²) in [5, 5.41) is 0.707. The summed E-state index contributed by atoms with van der Waals surface area (Å²) in [6.07, 6.45) is 4.76. The zero-order valence-electron chi connectivity index (χ0n) is 14.8. The maximum Gasteiger partial charge on any atom is 0.198 e. The van der Waals surface area contributed by atoms with E-state index in [1.165, 1.54) is 19.3 Å². The number of rotatable bonds is 6. The van der Waals surface area contributed by atoms with Crippen molar-refractivity contribution in [1.82, 2.24) is 19.5 Å². The smallest absolute Gasteiger partial charge is 0.198 e. The van der Waals surface area contributed by atoms with Crippen LogP contribution in [0.2, 0.25) is 5.02 Å². The molecule has 5 heteroatoms. The molecular weight excluding hydrogens is 344 g/mol. The third-order valence-electron chi connectivity index (χ3n) is 4.58. The number of halogens is 1. The first-order valence-corrected chi connectivity index (χ1v) is 9.53. The van der Waals surface area contributed by atoms with Crippen molar-refractivity contribution in [3.63, 3.8) is 0 Å². The van der Waals surface area contributed by atoms with Crippen molar-refractivity contribution < 1.29 is 0 Å². The summed E-state index contributed by atoms with van der Waals surface area (Å²) in [5.41, 5.74) is 4.29. The Morgan fingerprint density at radius 2 is 1.69 bits per heavy atom. The van der Waals surface area contributed by atoms with Crippen molar-refractivity contribution in [2.75, 3.05) is 0 Å². The lowest BCUT2D eigenvalue weighted by molar-refractivity contribution is 0.592. The fraction of sp³-hybridized carbons (Fsp3) is 0.286. The molecule has 0 bridgehead atoms. The van der Waals surface area contributed by atoms with Crippen LogP contribution >= 0.6 is 11.6 Å². The molecule has 0 radical (unpaired) electrons. The van der Waals surface area contributed by atoms with E-state index in [1.54, 1.807) is 0 Å². The second-order valence-electron chi connectivity index (χ2n) is 6.52. The van der Waals surface area contributed by atoms with Crippen molar-refractivity contribution in [1.29, 1.82) is 0 Å². The summed E-state index contributed by atoms with van der Waals surface area (Å²) < 4.78 is 2.19. The largest absolute Gasteiger partial charge is 0.307 e. The Bertz CT molecular complexity index is 1050. The second kappa shape index (κ2) is 7.42. The minimum Gasteiger partial charge on any atom is -0.307 e.